The lowest BCUT2D eigenvalue weighted by molar-refractivity contribution is -0.140. The lowest BCUT2D eigenvalue weighted by atomic mass is 10.1. The molecule has 1 heterocycles. The number of benzene rings is 2. The fraction of sp³-hybridized carbons (Fsp3) is 0.261. The smallest absolute Gasteiger partial charge is 0.333 e. The summed E-state index contributed by atoms with van der Waals surface area (Å²) in [7, 11) is 0. The second kappa shape index (κ2) is 8.58. The fourth-order valence-electron chi connectivity index (χ4n) is 2.66. The van der Waals surface area contributed by atoms with Gasteiger partial charge in [0.2, 0.25) is 0 Å². The highest BCUT2D eigenvalue weighted by molar-refractivity contribution is 5.87. The summed E-state index contributed by atoms with van der Waals surface area (Å²) < 4.78 is 17.1. The van der Waals surface area contributed by atoms with Crippen LogP contribution < -0.4 is 4.74 Å². The summed E-state index contributed by atoms with van der Waals surface area (Å²) in [6.45, 7) is 8.07. The van der Waals surface area contributed by atoms with Crippen LogP contribution in [-0.4, -0.2) is 19.2 Å². The number of carbonyl (C=O) groups excluding carboxylic acids is 1. The lowest BCUT2D eigenvalue weighted by Crippen LogP contribution is -2.20. The third kappa shape index (κ3) is 4.79. The molecule has 3 rings (SSSR count). The summed E-state index contributed by atoms with van der Waals surface area (Å²) in [5.41, 5.74) is 2.23. The molecule has 0 aliphatic carbocycles. The first-order valence-electron chi connectivity index (χ1n) is 9.11. The van der Waals surface area contributed by atoms with Crippen molar-refractivity contribution < 1.29 is 18.7 Å². The molecule has 0 saturated heterocycles. The summed E-state index contributed by atoms with van der Waals surface area (Å²) in [5, 5.41) is 1.03. The average Bonchev–Trinajstić information content (AvgIpc) is 3.12. The Labute approximate surface area is 159 Å². The van der Waals surface area contributed by atoms with E-state index in [0.717, 1.165) is 34.5 Å². The Morgan fingerprint density at radius 1 is 1.11 bits per heavy atom. The normalized spacial score (nSPS) is 11.9. The number of hydrogen-bond acceptors (Lipinski definition) is 4. The number of carbonyl (C=O) groups is 1. The maximum absolute atomic E-state index is 11.5. The molecule has 2 aromatic carbocycles. The number of hydrogen-bond donors (Lipinski definition) is 0. The molecular formula is C23H24O4. The molecule has 1 unspecified atom stereocenters. The molecule has 0 saturated carbocycles. The number of fused-ring (bicyclic) bond motifs is 1. The molecule has 4 nitrogen and oxygen atoms in total. The first kappa shape index (κ1) is 18.8. The molecule has 0 aliphatic rings. The molecule has 27 heavy (non-hydrogen) atoms. The van der Waals surface area contributed by atoms with E-state index in [0.29, 0.717) is 18.8 Å². The molecule has 140 valence electrons. The Balaban J connectivity index is 1.64. The zero-order valence-electron chi connectivity index (χ0n) is 15.7. The van der Waals surface area contributed by atoms with Crippen molar-refractivity contribution in [2.75, 3.05) is 13.2 Å². The van der Waals surface area contributed by atoms with Crippen molar-refractivity contribution in [1.29, 1.82) is 0 Å². The van der Waals surface area contributed by atoms with Gasteiger partial charge in [-0.05, 0) is 31.5 Å². The van der Waals surface area contributed by atoms with Crippen molar-refractivity contribution in [2.45, 2.75) is 20.3 Å². The number of ether oxygens (including phenoxy) is 2. The molecule has 0 spiro atoms. The van der Waals surface area contributed by atoms with Gasteiger partial charge in [-0.1, -0.05) is 43.8 Å². The number of esters is 1. The molecule has 0 aliphatic heterocycles. The van der Waals surface area contributed by atoms with Gasteiger partial charge in [0, 0.05) is 28.5 Å². The van der Waals surface area contributed by atoms with Gasteiger partial charge in [0.05, 0.1) is 13.2 Å². The van der Waals surface area contributed by atoms with Crippen molar-refractivity contribution in [3.05, 3.63) is 66.7 Å². The van der Waals surface area contributed by atoms with Crippen LogP contribution in [0.3, 0.4) is 0 Å². The van der Waals surface area contributed by atoms with Crippen LogP contribution in [0.2, 0.25) is 0 Å². The van der Waals surface area contributed by atoms with Crippen molar-refractivity contribution in [1.82, 2.24) is 0 Å². The SMILES string of the molecule is C=C(C)C(=O)OCC(CC)COc1ccc2cc(-c3ccccc3)oc2c1. The highest BCUT2D eigenvalue weighted by Gasteiger charge is 2.13. The maximum atomic E-state index is 11.5. The molecule has 1 atom stereocenters. The molecule has 4 heteroatoms. The van der Waals surface area contributed by atoms with E-state index < -0.39 is 0 Å². The first-order valence-corrected chi connectivity index (χ1v) is 9.11. The highest BCUT2D eigenvalue weighted by Crippen LogP contribution is 2.30. The third-order valence-electron chi connectivity index (χ3n) is 4.41. The Bertz CT molecular complexity index is 924. The third-order valence-corrected chi connectivity index (χ3v) is 4.41. The van der Waals surface area contributed by atoms with Gasteiger partial charge < -0.3 is 13.9 Å². The Hall–Kier alpha value is -3.01. The minimum absolute atomic E-state index is 0.125. The summed E-state index contributed by atoms with van der Waals surface area (Å²) in [6, 6.07) is 17.8. The number of furan rings is 1. The Morgan fingerprint density at radius 2 is 1.89 bits per heavy atom. The topological polar surface area (TPSA) is 48.7 Å². The van der Waals surface area contributed by atoms with E-state index in [1.807, 2.05) is 61.5 Å². The van der Waals surface area contributed by atoms with Gasteiger partial charge in [-0.3, -0.25) is 0 Å². The van der Waals surface area contributed by atoms with Crippen molar-refractivity contribution in [2.24, 2.45) is 5.92 Å². The van der Waals surface area contributed by atoms with Crippen LogP contribution in [-0.2, 0) is 9.53 Å². The monoisotopic (exact) mass is 364 g/mol. The Kier molecular flexibility index (Phi) is 5.97. The molecule has 0 radical (unpaired) electrons. The van der Waals surface area contributed by atoms with E-state index in [4.69, 9.17) is 13.9 Å². The van der Waals surface area contributed by atoms with Crippen molar-refractivity contribution in [3.8, 4) is 17.1 Å². The van der Waals surface area contributed by atoms with Crippen molar-refractivity contribution in [3.63, 3.8) is 0 Å². The highest BCUT2D eigenvalue weighted by atomic mass is 16.5. The van der Waals surface area contributed by atoms with E-state index in [1.54, 1.807) is 6.92 Å². The van der Waals surface area contributed by atoms with Crippen LogP contribution in [0.1, 0.15) is 20.3 Å². The summed E-state index contributed by atoms with van der Waals surface area (Å²) in [4.78, 5) is 11.5. The van der Waals surface area contributed by atoms with Gasteiger partial charge in [-0.15, -0.1) is 0 Å². The second-order valence-corrected chi connectivity index (χ2v) is 6.64. The number of rotatable bonds is 8. The summed E-state index contributed by atoms with van der Waals surface area (Å²) in [6.07, 6.45) is 0.852. The molecule has 0 amide bonds. The van der Waals surface area contributed by atoms with E-state index in [1.165, 1.54) is 0 Å². The largest absolute Gasteiger partial charge is 0.493 e. The molecule has 0 bridgehead atoms. The van der Waals surface area contributed by atoms with Crippen LogP contribution >= 0.6 is 0 Å². The minimum atomic E-state index is -0.362. The second-order valence-electron chi connectivity index (χ2n) is 6.64. The lowest BCUT2D eigenvalue weighted by Gasteiger charge is -2.16. The van der Waals surface area contributed by atoms with E-state index in [9.17, 15) is 4.79 Å². The molecular weight excluding hydrogens is 340 g/mol. The summed E-state index contributed by atoms with van der Waals surface area (Å²) >= 11 is 0. The molecule has 0 N–H and O–H groups in total. The zero-order valence-corrected chi connectivity index (χ0v) is 15.7. The van der Waals surface area contributed by atoms with Gasteiger partial charge in [0.1, 0.15) is 17.1 Å². The van der Waals surface area contributed by atoms with Gasteiger partial charge >= 0.3 is 5.97 Å². The van der Waals surface area contributed by atoms with E-state index >= 15 is 0 Å². The molecule has 3 aromatic rings. The fourth-order valence-corrected chi connectivity index (χ4v) is 2.66. The van der Waals surface area contributed by atoms with Crippen LogP contribution in [0.15, 0.2) is 71.2 Å². The van der Waals surface area contributed by atoms with Crippen molar-refractivity contribution >= 4 is 16.9 Å². The minimum Gasteiger partial charge on any atom is -0.493 e. The van der Waals surface area contributed by atoms with Gasteiger partial charge in [0.15, 0.2) is 0 Å². The standard InChI is InChI=1S/C23H24O4/c1-4-17(15-26-23(24)16(2)3)14-25-20-11-10-19-12-21(27-22(19)13-20)18-8-6-5-7-9-18/h5-13,17H,2,4,14-15H2,1,3H3. The van der Waals surface area contributed by atoms with Gasteiger partial charge in [-0.25, -0.2) is 4.79 Å². The molecule has 1 aromatic heterocycles. The van der Waals surface area contributed by atoms with Crippen LogP contribution in [0.4, 0.5) is 0 Å². The average molecular weight is 364 g/mol. The Morgan fingerprint density at radius 3 is 2.59 bits per heavy atom. The zero-order chi connectivity index (χ0) is 19.2. The van der Waals surface area contributed by atoms with Crippen LogP contribution in [0.5, 0.6) is 5.75 Å². The predicted molar refractivity (Wildman–Crippen MR) is 107 cm³/mol. The molecule has 0 fully saturated rings. The quantitative estimate of drug-likeness (QED) is 0.384. The first-order chi connectivity index (χ1) is 13.1. The van der Waals surface area contributed by atoms with Crippen LogP contribution in [0.25, 0.3) is 22.3 Å². The van der Waals surface area contributed by atoms with E-state index in [-0.39, 0.29) is 11.9 Å². The van der Waals surface area contributed by atoms with Crippen LogP contribution in [0, 0.1) is 5.92 Å². The van der Waals surface area contributed by atoms with E-state index in [2.05, 4.69) is 6.58 Å². The van der Waals surface area contributed by atoms with Gasteiger partial charge in [0.25, 0.3) is 0 Å². The maximum Gasteiger partial charge on any atom is 0.333 e. The predicted octanol–water partition coefficient (Wildman–Crippen LogP) is 5.62. The van der Waals surface area contributed by atoms with Gasteiger partial charge in [-0.2, -0.15) is 0 Å². The summed E-state index contributed by atoms with van der Waals surface area (Å²) in [5.74, 6) is 1.33.